The van der Waals surface area contributed by atoms with Gasteiger partial charge < -0.3 is 10.2 Å². The van der Waals surface area contributed by atoms with Crippen LogP contribution < -0.4 is 10.2 Å². The van der Waals surface area contributed by atoms with Crippen molar-refractivity contribution in [2.45, 2.75) is 38.4 Å². The Morgan fingerprint density at radius 3 is 2.70 bits per heavy atom. The summed E-state index contributed by atoms with van der Waals surface area (Å²) in [7, 11) is 0. The lowest BCUT2D eigenvalue weighted by Crippen LogP contribution is -2.46. The molecule has 5 heteroatoms. The molecule has 2 rings (SSSR count). The smallest absolute Gasteiger partial charge is 0.367 e. The Bertz CT molecular complexity index is 431. The summed E-state index contributed by atoms with van der Waals surface area (Å²) in [4.78, 5) is 1.93. The van der Waals surface area contributed by atoms with E-state index in [9.17, 15) is 13.2 Å². The Morgan fingerprint density at radius 1 is 1.25 bits per heavy atom. The standard InChI is InChI=1S/C15H21F3N2/c1-2-19-11-12-7-5-6-10-20(12)14-9-4-3-8-13(14)15(16,17)18/h3-4,8-9,12,19H,2,5-7,10-11H2,1H3. The third-order valence-electron chi connectivity index (χ3n) is 3.78. The van der Waals surface area contributed by atoms with Gasteiger partial charge in [-0.05, 0) is 37.9 Å². The van der Waals surface area contributed by atoms with Crippen LogP contribution in [0.3, 0.4) is 0 Å². The number of halogens is 3. The first-order chi connectivity index (χ1) is 9.54. The molecule has 0 spiro atoms. The molecule has 1 fully saturated rings. The van der Waals surface area contributed by atoms with E-state index in [2.05, 4.69) is 5.32 Å². The molecule has 1 heterocycles. The monoisotopic (exact) mass is 286 g/mol. The molecule has 1 unspecified atom stereocenters. The first-order valence-electron chi connectivity index (χ1n) is 7.17. The fourth-order valence-electron chi connectivity index (χ4n) is 2.80. The number of piperidine rings is 1. The lowest BCUT2D eigenvalue weighted by molar-refractivity contribution is -0.137. The van der Waals surface area contributed by atoms with E-state index in [1.807, 2.05) is 11.8 Å². The fourth-order valence-corrected chi connectivity index (χ4v) is 2.80. The van der Waals surface area contributed by atoms with Crippen LogP contribution in [0.4, 0.5) is 18.9 Å². The molecule has 1 aromatic carbocycles. The molecular formula is C15H21F3N2. The first kappa shape index (κ1) is 15.2. The molecule has 0 saturated carbocycles. The molecular weight excluding hydrogens is 265 g/mol. The minimum Gasteiger partial charge on any atom is -0.367 e. The van der Waals surface area contributed by atoms with Gasteiger partial charge in [0.15, 0.2) is 0 Å². The van der Waals surface area contributed by atoms with Crippen molar-refractivity contribution in [2.75, 3.05) is 24.5 Å². The topological polar surface area (TPSA) is 15.3 Å². The summed E-state index contributed by atoms with van der Waals surface area (Å²) in [5.41, 5.74) is -0.203. The van der Waals surface area contributed by atoms with Crippen LogP contribution in [-0.4, -0.2) is 25.7 Å². The molecule has 1 N–H and O–H groups in total. The molecule has 1 aliphatic rings. The number of likely N-dealkylation sites (N-methyl/N-ethyl adjacent to an activating group) is 1. The van der Waals surface area contributed by atoms with Gasteiger partial charge in [0.05, 0.1) is 5.56 Å². The van der Waals surface area contributed by atoms with Crippen LogP contribution in [0.15, 0.2) is 24.3 Å². The summed E-state index contributed by atoms with van der Waals surface area (Å²) in [5, 5.41) is 3.25. The Kier molecular flexibility index (Phi) is 4.91. The third kappa shape index (κ3) is 3.45. The highest BCUT2D eigenvalue weighted by molar-refractivity contribution is 5.56. The molecule has 2 nitrogen and oxygen atoms in total. The zero-order valence-corrected chi connectivity index (χ0v) is 11.7. The molecule has 1 aromatic rings. The van der Waals surface area contributed by atoms with Crippen molar-refractivity contribution < 1.29 is 13.2 Å². The van der Waals surface area contributed by atoms with Crippen molar-refractivity contribution in [3.63, 3.8) is 0 Å². The molecule has 1 atom stereocenters. The van der Waals surface area contributed by atoms with Crippen molar-refractivity contribution in [1.29, 1.82) is 0 Å². The van der Waals surface area contributed by atoms with Gasteiger partial charge in [-0.25, -0.2) is 0 Å². The summed E-state index contributed by atoms with van der Waals surface area (Å²) in [5.74, 6) is 0. The van der Waals surface area contributed by atoms with Gasteiger partial charge in [0, 0.05) is 24.8 Å². The highest BCUT2D eigenvalue weighted by Gasteiger charge is 2.36. The number of nitrogens with zero attached hydrogens (tertiary/aromatic N) is 1. The second-order valence-electron chi connectivity index (χ2n) is 5.17. The molecule has 0 aromatic heterocycles. The largest absolute Gasteiger partial charge is 0.418 e. The number of rotatable bonds is 4. The Balaban J connectivity index is 2.28. The normalized spacial score (nSPS) is 20.2. The van der Waals surface area contributed by atoms with Crippen molar-refractivity contribution >= 4 is 5.69 Å². The Morgan fingerprint density at radius 2 is 2.00 bits per heavy atom. The number of hydrogen-bond acceptors (Lipinski definition) is 2. The van der Waals surface area contributed by atoms with Crippen molar-refractivity contribution in [3.05, 3.63) is 29.8 Å². The Hall–Kier alpha value is -1.23. The number of hydrogen-bond donors (Lipinski definition) is 1. The lowest BCUT2D eigenvalue weighted by Gasteiger charge is -2.39. The molecule has 0 aliphatic carbocycles. The molecule has 0 radical (unpaired) electrons. The average molecular weight is 286 g/mol. The maximum atomic E-state index is 13.1. The van der Waals surface area contributed by atoms with Gasteiger partial charge in [-0.1, -0.05) is 19.1 Å². The van der Waals surface area contributed by atoms with E-state index in [4.69, 9.17) is 0 Å². The molecule has 1 saturated heterocycles. The minimum absolute atomic E-state index is 0.146. The molecule has 0 bridgehead atoms. The van der Waals surface area contributed by atoms with E-state index in [1.165, 1.54) is 12.1 Å². The fraction of sp³-hybridized carbons (Fsp3) is 0.600. The van der Waals surface area contributed by atoms with Gasteiger partial charge in [-0.2, -0.15) is 13.2 Å². The minimum atomic E-state index is -4.29. The maximum Gasteiger partial charge on any atom is 0.418 e. The van der Waals surface area contributed by atoms with E-state index in [-0.39, 0.29) is 6.04 Å². The summed E-state index contributed by atoms with van der Waals surface area (Å²) < 4.78 is 39.4. The summed E-state index contributed by atoms with van der Waals surface area (Å²) in [6.07, 6.45) is -1.31. The van der Waals surface area contributed by atoms with E-state index < -0.39 is 11.7 Å². The number of nitrogens with one attached hydrogen (secondary N) is 1. The van der Waals surface area contributed by atoms with Crippen LogP contribution in [-0.2, 0) is 6.18 Å². The van der Waals surface area contributed by atoms with Gasteiger partial charge in [0.1, 0.15) is 0 Å². The van der Waals surface area contributed by atoms with Crippen LogP contribution in [0.5, 0.6) is 0 Å². The Labute approximate surface area is 118 Å². The van der Waals surface area contributed by atoms with Crippen LogP contribution in [0, 0.1) is 0 Å². The van der Waals surface area contributed by atoms with E-state index in [1.54, 1.807) is 12.1 Å². The predicted octanol–water partition coefficient (Wildman–Crippen LogP) is 3.67. The van der Waals surface area contributed by atoms with Crippen molar-refractivity contribution in [2.24, 2.45) is 0 Å². The van der Waals surface area contributed by atoms with E-state index in [0.29, 0.717) is 12.2 Å². The summed E-state index contributed by atoms with van der Waals surface area (Å²) in [6.45, 7) is 4.29. The summed E-state index contributed by atoms with van der Waals surface area (Å²) >= 11 is 0. The maximum absolute atomic E-state index is 13.1. The zero-order chi connectivity index (χ0) is 14.6. The van der Waals surface area contributed by atoms with Gasteiger partial charge in [0.25, 0.3) is 0 Å². The quantitative estimate of drug-likeness (QED) is 0.908. The SMILES string of the molecule is CCNCC1CCCCN1c1ccccc1C(F)(F)F. The predicted molar refractivity (Wildman–Crippen MR) is 75.0 cm³/mol. The first-order valence-corrected chi connectivity index (χ1v) is 7.17. The average Bonchev–Trinajstić information content (AvgIpc) is 2.44. The molecule has 112 valence electrons. The zero-order valence-electron chi connectivity index (χ0n) is 11.7. The van der Waals surface area contributed by atoms with Crippen LogP contribution >= 0.6 is 0 Å². The second-order valence-corrected chi connectivity index (χ2v) is 5.17. The number of para-hydroxylation sites is 1. The van der Waals surface area contributed by atoms with Crippen molar-refractivity contribution in [1.82, 2.24) is 5.32 Å². The van der Waals surface area contributed by atoms with Gasteiger partial charge >= 0.3 is 6.18 Å². The lowest BCUT2D eigenvalue weighted by atomic mass is 9.99. The molecule has 1 aliphatic heterocycles. The third-order valence-corrected chi connectivity index (χ3v) is 3.78. The summed E-state index contributed by atoms with van der Waals surface area (Å²) in [6, 6.07) is 6.05. The van der Waals surface area contributed by atoms with Crippen LogP contribution in [0.25, 0.3) is 0 Å². The molecule has 20 heavy (non-hydrogen) atoms. The van der Waals surface area contributed by atoms with Gasteiger partial charge in [0.2, 0.25) is 0 Å². The van der Waals surface area contributed by atoms with Gasteiger partial charge in [-0.15, -0.1) is 0 Å². The highest BCUT2D eigenvalue weighted by Crippen LogP contribution is 2.38. The van der Waals surface area contributed by atoms with Crippen molar-refractivity contribution in [3.8, 4) is 0 Å². The second kappa shape index (κ2) is 6.48. The van der Waals surface area contributed by atoms with E-state index in [0.717, 1.165) is 32.4 Å². The van der Waals surface area contributed by atoms with Crippen LogP contribution in [0.1, 0.15) is 31.7 Å². The van der Waals surface area contributed by atoms with Gasteiger partial charge in [-0.3, -0.25) is 0 Å². The van der Waals surface area contributed by atoms with E-state index >= 15 is 0 Å². The number of anilines is 1. The highest BCUT2D eigenvalue weighted by atomic mass is 19.4. The number of alkyl halides is 3. The molecule has 0 amide bonds. The van der Waals surface area contributed by atoms with Crippen LogP contribution in [0.2, 0.25) is 0 Å². The number of benzene rings is 1.